The molecule has 0 bridgehead atoms. The van der Waals surface area contributed by atoms with Gasteiger partial charge in [-0.05, 0) is 49.4 Å². The number of nitrogens with zero attached hydrogens (tertiary/aromatic N) is 3. The maximum Gasteiger partial charge on any atom is 0.280 e. The van der Waals surface area contributed by atoms with E-state index in [1.165, 1.54) is 10.9 Å². The Morgan fingerprint density at radius 3 is 2.76 bits per heavy atom. The summed E-state index contributed by atoms with van der Waals surface area (Å²) in [5, 5.41) is 12.7. The molecule has 0 fully saturated rings. The second kappa shape index (κ2) is 9.15. The van der Waals surface area contributed by atoms with Gasteiger partial charge < -0.3 is 20.7 Å². The van der Waals surface area contributed by atoms with Gasteiger partial charge in [0.05, 0.1) is 6.33 Å². The van der Waals surface area contributed by atoms with Crippen LogP contribution in [-0.4, -0.2) is 36.6 Å². The predicted molar refractivity (Wildman–Crippen MR) is 106 cm³/mol. The van der Waals surface area contributed by atoms with Gasteiger partial charge in [-0.3, -0.25) is 14.6 Å². The van der Waals surface area contributed by atoms with E-state index in [9.17, 15) is 14.7 Å². The number of fused-ring (bicyclic) bond motifs is 1. The minimum absolute atomic E-state index is 0. The fourth-order valence-corrected chi connectivity index (χ4v) is 3.19. The van der Waals surface area contributed by atoms with Crippen LogP contribution in [0.2, 0.25) is 0 Å². The number of hydrogen-bond acceptors (Lipinski definition) is 6. The van der Waals surface area contributed by atoms with Crippen molar-refractivity contribution in [3.8, 4) is 5.75 Å². The Balaban J connectivity index is 0.00000300. The molecule has 2 unspecified atom stereocenters. The summed E-state index contributed by atoms with van der Waals surface area (Å²) in [5.74, 6) is 0.156. The maximum absolute atomic E-state index is 12.5. The summed E-state index contributed by atoms with van der Waals surface area (Å²) in [6, 6.07) is 5.38. The number of nitrogen functional groups attached to an aromatic ring is 1. The number of rotatable bonds is 6. The van der Waals surface area contributed by atoms with Crippen molar-refractivity contribution in [3.63, 3.8) is 0 Å². The van der Waals surface area contributed by atoms with Gasteiger partial charge in [-0.15, -0.1) is 0 Å². The summed E-state index contributed by atoms with van der Waals surface area (Å²) >= 11 is 0. The summed E-state index contributed by atoms with van der Waals surface area (Å²) < 4.78 is 1.49. The van der Waals surface area contributed by atoms with Crippen molar-refractivity contribution in [1.29, 1.82) is 0 Å². The molecule has 153 valence electrons. The number of nitrogens with one attached hydrogen (secondary N) is 2. The Morgan fingerprint density at radius 2 is 2.07 bits per heavy atom. The number of nitrogens with two attached hydrogens (primary N) is 1. The smallest absolute Gasteiger partial charge is 0.280 e. The molecule has 9 nitrogen and oxygen atoms in total. The molecule has 0 spiro atoms. The van der Waals surface area contributed by atoms with Gasteiger partial charge in [-0.2, -0.15) is 4.98 Å². The summed E-state index contributed by atoms with van der Waals surface area (Å²) in [4.78, 5) is 34.7. The molecule has 2 aromatic heterocycles. The number of hydrogen-bond donors (Lipinski definition) is 4. The zero-order valence-electron chi connectivity index (χ0n) is 16.5. The Morgan fingerprint density at radius 1 is 1.34 bits per heavy atom. The number of carbonyl (C=O) groups is 1. The number of carbonyl (C=O) groups excluding carboxylic acids is 1. The van der Waals surface area contributed by atoms with Gasteiger partial charge in [0.1, 0.15) is 12.3 Å². The standard InChI is InChI=1S/C19H24N6O3.V/c1-10-4-13(7-14(26)5-10)6-11(2)12(3)22-15(27)8-25-9-21-16-17(25)23-19(20)24-18(16)28;/h4-5,7,9,11-12,26H,6,8H2,1-3H3,(H,22,27)(H3,20,23,24,28);. The molecule has 2 heterocycles. The van der Waals surface area contributed by atoms with Crippen molar-refractivity contribution in [2.75, 3.05) is 5.73 Å². The quantitative estimate of drug-likeness (QED) is 0.457. The van der Waals surface area contributed by atoms with Gasteiger partial charge in [0.25, 0.3) is 5.56 Å². The average molecular weight is 435 g/mol. The molecule has 3 rings (SSSR count). The molecule has 1 aromatic carbocycles. The molecular formula is C19H24N6O3V. The summed E-state index contributed by atoms with van der Waals surface area (Å²) in [6.45, 7) is 5.89. The van der Waals surface area contributed by atoms with Crippen molar-refractivity contribution in [2.45, 2.75) is 39.8 Å². The third-order valence-electron chi connectivity index (χ3n) is 4.73. The number of aromatic hydroxyl groups is 1. The van der Waals surface area contributed by atoms with E-state index in [1.54, 1.807) is 12.1 Å². The van der Waals surface area contributed by atoms with E-state index in [1.807, 2.05) is 26.8 Å². The number of phenolic OH excluding ortho intramolecular Hbond substituents is 1. The van der Waals surface area contributed by atoms with Crippen molar-refractivity contribution in [2.24, 2.45) is 5.92 Å². The molecule has 29 heavy (non-hydrogen) atoms. The number of phenols is 1. The van der Waals surface area contributed by atoms with Crippen molar-refractivity contribution >= 4 is 23.0 Å². The van der Waals surface area contributed by atoms with Crippen LogP contribution in [0.1, 0.15) is 25.0 Å². The van der Waals surface area contributed by atoms with Gasteiger partial charge in [0.2, 0.25) is 11.9 Å². The van der Waals surface area contributed by atoms with Crippen molar-refractivity contribution in [1.82, 2.24) is 24.8 Å². The number of aryl methyl sites for hydroxylation is 1. The molecule has 0 saturated heterocycles. The van der Waals surface area contributed by atoms with E-state index < -0.39 is 5.56 Å². The average Bonchev–Trinajstić information content (AvgIpc) is 2.96. The molecule has 0 aliphatic carbocycles. The largest absolute Gasteiger partial charge is 0.508 e. The maximum atomic E-state index is 12.5. The topological polar surface area (TPSA) is 139 Å². The number of anilines is 1. The van der Waals surface area contributed by atoms with Gasteiger partial charge in [0.15, 0.2) is 11.2 Å². The minimum atomic E-state index is -0.440. The zero-order valence-corrected chi connectivity index (χ0v) is 17.9. The molecular weight excluding hydrogens is 411 g/mol. The van der Waals surface area contributed by atoms with E-state index in [2.05, 4.69) is 20.3 Å². The van der Waals surface area contributed by atoms with E-state index in [0.717, 1.165) is 17.5 Å². The van der Waals surface area contributed by atoms with Crippen molar-refractivity contribution in [3.05, 3.63) is 46.0 Å². The van der Waals surface area contributed by atoms with E-state index in [0.29, 0.717) is 0 Å². The van der Waals surface area contributed by atoms with Crippen LogP contribution in [0.25, 0.3) is 11.2 Å². The Kier molecular flexibility index (Phi) is 7.10. The Bertz CT molecular complexity index is 1060. The second-order valence-electron chi connectivity index (χ2n) is 7.21. The van der Waals surface area contributed by atoms with Gasteiger partial charge in [0, 0.05) is 24.6 Å². The SMILES string of the molecule is Cc1cc(O)cc(CC(C)C(C)NC(=O)Cn2cnc3c(=O)[nH]c(N)nc32)c1.[V]. The second-order valence-corrected chi connectivity index (χ2v) is 7.21. The van der Waals surface area contributed by atoms with Gasteiger partial charge in [-0.1, -0.05) is 13.0 Å². The molecule has 1 amide bonds. The molecule has 2 atom stereocenters. The zero-order chi connectivity index (χ0) is 20.4. The van der Waals surface area contributed by atoms with Crippen LogP contribution in [0, 0.1) is 12.8 Å². The first kappa shape index (κ1) is 22.5. The molecule has 5 N–H and O–H groups in total. The number of H-pyrrole nitrogens is 1. The van der Waals surface area contributed by atoms with Crippen LogP contribution in [-0.2, 0) is 36.3 Å². The van der Waals surface area contributed by atoms with E-state index in [4.69, 9.17) is 5.73 Å². The molecule has 10 heteroatoms. The van der Waals surface area contributed by atoms with Crippen LogP contribution in [0.3, 0.4) is 0 Å². The summed E-state index contributed by atoms with van der Waals surface area (Å²) in [5.41, 5.74) is 7.56. The van der Waals surface area contributed by atoms with Gasteiger partial charge in [-0.25, -0.2) is 4.98 Å². The first-order valence-corrected chi connectivity index (χ1v) is 9.02. The predicted octanol–water partition coefficient (Wildman–Crippen LogP) is 1.10. The van der Waals surface area contributed by atoms with Crippen LogP contribution >= 0.6 is 0 Å². The van der Waals surface area contributed by atoms with Crippen LogP contribution in [0.15, 0.2) is 29.3 Å². The molecule has 3 aromatic rings. The van der Waals surface area contributed by atoms with Crippen LogP contribution in [0.4, 0.5) is 5.95 Å². The van der Waals surface area contributed by atoms with E-state index in [-0.39, 0.29) is 65.8 Å². The number of amides is 1. The normalized spacial score (nSPS) is 12.9. The number of imidazole rings is 1. The fourth-order valence-electron chi connectivity index (χ4n) is 3.19. The third kappa shape index (κ3) is 5.39. The molecule has 0 aliphatic rings. The van der Waals surface area contributed by atoms with E-state index >= 15 is 0 Å². The first-order chi connectivity index (χ1) is 13.2. The molecule has 1 radical (unpaired) electrons. The first-order valence-electron chi connectivity index (χ1n) is 9.02. The van der Waals surface area contributed by atoms with Crippen LogP contribution < -0.4 is 16.6 Å². The number of aromatic nitrogens is 4. The summed E-state index contributed by atoms with van der Waals surface area (Å²) in [7, 11) is 0. The monoisotopic (exact) mass is 435 g/mol. The summed E-state index contributed by atoms with van der Waals surface area (Å²) in [6.07, 6.45) is 2.12. The molecule has 0 aliphatic heterocycles. The fraction of sp³-hybridized carbons (Fsp3) is 0.368. The Hall–Kier alpha value is -2.78. The Labute approximate surface area is 179 Å². The number of aromatic amines is 1. The van der Waals surface area contributed by atoms with Crippen LogP contribution in [0.5, 0.6) is 5.75 Å². The number of benzene rings is 1. The third-order valence-corrected chi connectivity index (χ3v) is 4.73. The minimum Gasteiger partial charge on any atom is -0.508 e. The van der Waals surface area contributed by atoms with Crippen molar-refractivity contribution < 1.29 is 28.5 Å². The molecule has 0 saturated carbocycles. The van der Waals surface area contributed by atoms with Gasteiger partial charge >= 0.3 is 0 Å².